The fourth-order valence-corrected chi connectivity index (χ4v) is 2.34. The Morgan fingerprint density at radius 3 is 2.48 bits per heavy atom. The lowest BCUT2D eigenvalue weighted by Crippen LogP contribution is -2.48. The molecule has 4 heteroatoms. The van der Waals surface area contributed by atoms with E-state index in [2.05, 4.69) is 0 Å². The minimum Gasteiger partial charge on any atom is -0.462 e. The van der Waals surface area contributed by atoms with Crippen molar-refractivity contribution in [3.05, 3.63) is 53.6 Å². The highest BCUT2D eigenvalue weighted by atomic mass is 16.6. The van der Waals surface area contributed by atoms with Crippen LogP contribution in [0.5, 0.6) is 0 Å². The van der Waals surface area contributed by atoms with Crippen LogP contribution in [0.3, 0.4) is 0 Å². The van der Waals surface area contributed by atoms with Crippen LogP contribution >= 0.6 is 0 Å². The summed E-state index contributed by atoms with van der Waals surface area (Å²) in [5.74, 6) is -0.573. The normalized spacial score (nSPS) is 22.6. The van der Waals surface area contributed by atoms with E-state index in [0.717, 1.165) is 5.56 Å². The van der Waals surface area contributed by atoms with E-state index in [0.29, 0.717) is 11.3 Å². The van der Waals surface area contributed by atoms with Gasteiger partial charge in [-0.25, -0.2) is 4.79 Å². The van der Waals surface area contributed by atoms with Crippen LogP contribution in [0, 0.1) is 0 Å². The molecular formula is C17H18O4. The van der Waals surface area contributed by atoms with Gasteiger partial charge >= 0.3 is 5.97 Å². The van der Waals surface area contributed by atoms with Crippen molar-refractivity contribution in [1.82, 2.24) is 0 Å². The fraction of sp³-hybridized carbons (Fsp3) is 0.294. The third-order valence-electron chi connectivity index (χ3n) is 3.38. The van der Waals surface area contributed by atoms with Crippen molar-refractivity contribution in [3.8, 4) is 0 Å². The van der Waals surface area contributed by atoms with Crippen molar-refractivity contribution in [2.24, 2.45) is 0 Å². The minimum atomic E-state index is -1.68. The summed E-state index contributed by atoms with van der Waals surface area (Å²) in [4.78, 5) is 24.4. The molecule has 1 aliphatic rings. The van der Waals surface area contributed by atoms with E-state index in [-0.39, 0.29) is 6.61 Å². The van der Waals surface area contributed by atoms with Gasteiger partial charge in [0.05, 0.1) is 6.61 Å². The molecule has 0 amide bonds. The van der Waals surface area contributed by atoms with Gasteiger partial charge in [0, 0.05) is 11.1 Å². The van der Waals surface area contributed by atoms with Crippen LogP contribution in [0.2, 0.25) is 0 Å². The first-order chi connectivity index (χ1) is 10.1. The highest BCUT2D eigenvalue weighted by Gasteiger charge is 2.53. The van der Waals surface area contributed by atoms with E-state index in [9.17, 15) is 9.59 Å². The van der Waals surface area contributed by atoms with Gasteiger partial charge in [-0.3, -0.25) is 4.79 Å². The maximum absolute atomic E-state index is 12.3. The topological polar surface area (TPSA) is 52.6 Å². The van der Waals surface area contributed by atoms with E-state index < -0.39 is 17.4 Å². The van der Waals surface area contributed by atoms with Crippen molar-refractivity contribution in [2.75, 3.05) is 6.61 Å². The van der Waals surface area contributed by atoms with Gasteiger partial charge in [0.15, 0.2) is 5.78 Å². The first-order valence-electron chi connectivity index (χ1n) is 6.87. The maximum atomic E-state index is 12.3. The van der Waals surface area contributed by atoms with Crippen LogP contribution in [-0.2, 0) is 19.1 Å². The van der Waals surface area contributed by atoms with E-state index in [1.807, 2.05) is 30.3 Å². The molecule has 0 fully saturated rings. The molecule has 0 saturated carbocycles. The zero-order valence-electron chi connectivity index (χ0n) is 12.4. The summed E-state index contributed by atoms with van der Waals surface area (Å²) in [5.41, 5.74) is -0.368. The Kier molecular flexibility index (Phi) is 4.26. The molecule has 0 aliphatic carbocycles. The van der Waals surface area contributed by atoms with Gasteiger partial charge in [-0.15, -0.1) is 0 Å². The van der Waals surface area contributed by atoms with E-state index in [4.69, 9.17) is 9.47 Å². The number of Topliss-reactive ketones (excluding diaryl/α,β-unsaturated/α-hetero) is 1. The Balaban J connectivity index is 2.47. The Morgan fingerprint density at radius 2 is 1.95 bits per heavy atom. The maximum Gasteiger partial charge on any atom is 0.363 e. The molecule has 0 spiro atoms. The molecule has 110 valence electrons. The highest BCUT2D eigenvalue weighted by molar-refractivity contribution is 6.12. The Morgan fingerprint density at radius 1 is 1.29 bits per heavy atom. The highest BCUT2D eigenvalue weighted by Crippen LogP contribution is 2.39. The molecule has 1 aliphatic heterocycles. The van der Waals surface area contributed by atoms with Crippen LogP contribution in [0.25, 0.3) is 5.76 Å². The molecule has 1 unspecified atom stereocenters. The first kappa shape index (κ1) is 15.0. The smallest absolute Gasteiger partial charge is 0.363 e. The average Bonchev–Trinajstić information content (AvgIpc) is 2.89. The number of ether oxygens (including phenoxy) is 2. The summed E-state index contributed by atoms with van der Waals surface area (Å²) in [6, 6.07) is 9.35. The molecule has 1 atom stereocenters. The molecule has 1 aromatic rings. The van der Waals surface area contributed by atoms with E-state index >= 15 is 0 Å². The summed E-state index contributed by atoms with van der Waals surface area (Å²) < 4.78 is 10.8. The zero-order valence-corrected chi connectivity index (χ0v) is 12.4. The Hall–Kier alpha value is -2.36. The largest absolute Gasteiger partial charge is 0.462 e. The van der Waals surface area contributed by atoms with Crippen LogP contribution in [-0.4, -0.2) is 24.0 Å². The van der Waals surface area contributed by atoms with Crippen molar-refractivity contribution >= 4 is 17.5 Å². The lowest BCUT2D eigenvalue weighted by atomic mass is 9.90. The number of ketones is 1. The molecule has 0 bridgehead atoms. The SMILES string of the molecule is C/C=C1\C=C(c2ccccc2)OC1(C(C)=O)C(=O)OCC. The molecule has 0 N–H and O–H groups in total. The summed E-state index contributed by atoms with van der Waals surface area (Å²) in [6.07, 6.45) is 3.42. The van der Waals surface area contributed by atoms with Gasteiger partial charge < -0.3 is 9.47 Å². The average molecular weight is 286 g/mol. The first-order valence-corrected chi connectivity index (χ1v) is 6.87. The number of rotatable bonds is 4. The summed E-state index contributed by atoms with van der Waals surface area (Å²) in [7, 11) is 0. The van der Waals surface area contributed by atoms with Crippen molar-refractivity contribution in [1.29, 1.82) is 0 Å². The quantitative estimate of drug-likeness (QED) is 0.631. The summed E-state index contributed by atoms with van der Waals surface area (Å²) in [6.45, 7) is 4.98. The van der Waals surface area contributed by atoms with Crippen LogP contribution in [0.4, 0.5) is 0 Å². The molecular weight excluding hydrogens is 268 g/mol. The molecule has 1 heterocycles. The van der Waals surface area contributed by atoms with E-state index in [1.165, 1.54) is 6.92 Å². The lowest BCUT2D eigenvalue weighted by Gasteiger charge is -2.26. The number of benzene rings is 1. The van der Waals surface area contributed by atoms with Gasteiger partial charge in [0.1, 0.15) is 5.76 Å². The molecule has 1 aromatic carbocycles. The zero-order chi connectivity index (χ0) is 15.5. The molecule has 4 nitrogen and oxygen atoms in total. The molecule has 0 saturated heterocycles. The Bertz CT molecular complexity index is 613. The van der Waals surface area contributed by atoms with Crippen LogP contribution < -0.4 is 0 Å². The van der Waals surface area contributed by atoms with Crippen LogP contribution in [0.1, 0.15) is 26.3 Å². The predicted octanol–water partition coefficient (Wildman–Crippen LogP) is 2.89. The summed E-state index contributed by atoms with van der Waals surface area (Å²) in [5, 5.41) is 0. The summed E-state index contributed by atoms with van der Waals surface area (Å²) >= 11 is 0. The Labute approximate surface area is 124 Å². The third kappa shape index (κ3) is 2.49. The molecule has 0 aromatic heterocycles. The predicted molar refractivity (Wildman–Crippen MR) is 79.3 cm³/mol. The standard InChI is InChI=1S/C17H18O4/c1-4-14-11-15(13-9-7-6-8-10-13)21-17(14,12(3)18)16(19)20-5-2/h4,6-11H,5H2,1-3H3/b14-4+. The van der Waals surface area contributed by atoms with Crippen molar-refractivity contribution in [2.45, 2.75) is 26.4 Å². The fourth-order valence-electron chi connectivity index (χ4n) is 2.34. The van der Waals surface area contributed by atoms with Crippen LogP contribution in [0.15, 0.2) is 48.1 Å². The molecule has 21 heavy (non-hydrogen) atoms. The van der Waals surface area contributed by atoms with Gasteiger partial charge in [-0.1, -0.05) is 36.4 Å². The minimum absolute atomic E-state index is 0.189. The molecule has 0 radical (unpaired) electrons. The number of carbonyl (C=O) groups excluding carboxylic acids is 2. The van der Waals surface area contributed by atoms with E-state index in [1.54, 1.807) is 26.0 Å². The number of allylic oxidation sites excluding steroid dienone is 1. The van der Waals surface area contributed by atoms with Gasteiger partial charge in [-0.2, -0.15) is 0 Å². The number of esters is 1. The molecule has 2 rings (SSSR count). The number of hydrogen-bond donors (Lipinski definition) is 0. The van der Waals surface area contributed by atoms with Gasteiger partial charge in [-0.05, 0) is 26.8 Å². The van der Waals surface area contributed by atoms with Crippen molar-refractivity contribution in [3.63, 3.8) is 0 Å². The second-order valence-corrected chi connectivity index (χ2v) is 4.68. The van der Waals surface area contributed by atoms with Gasteiger partial charge in [0.2, 0.25) is 0 Å². The lowest BCUT2D eigenvalue weighted by molar-refractivity contribution is -0.163. The number of hydrogen-bond acceptors (Lipinski definition) is 4. The monoisotopic (exact) mass is 286 g/mol. The second-order valence-electron chi connectivity index (χ2n) is 4.68. The second kappa shape index (κ2) is 5.95. The van der Waals surface area contributed by atoms with Crippen molar-refractivity contribution < 1.29 is 19.1 Å². The third-order valence-corrected chi connectivity index (χ3v) is 3.38. The number of carbonyl (C=O) groups is 2. The van der Waals surface area contributed by atoms with Gasteiger partial charge in [0.25, 0.3) is 5.60 Å².